The van der Waals surface area contributed by atoms with Gasteiger partial charge in [0.1, 0.15) is 30.2 Å². The van der Waals surface area contributed by atoms with Crippen molar-refractivity contribution in [2.75, 3.05) is 19.6 Å². The van der Waals surface area contributed by atoms with Crippen molar-refractivity contribution in [3.8, 4) is 0 Å². The highest BCUT2D eigenvalue weighted by Crippen LogP contribution is 2.31. The SMILES string of the molecule is CCCNC(=O)[C@@H](NC(=O)[C@@H]1C[C@@H](O)CN1C(=O)[C@H](C)NC(=O)[C@@H]1CCCCN1C(=O)[C@@H](NC(=O)C[C@H](C)C1CCCCC1)C(C)C)[C@@H](C)O.O=C=O. The lowest BCUT2D eigenvalue weighted by Crippen LogP contribution is -2.61. The molecule has 0 aromatic carbocycles. The molecule has 1 saturated carbocycles. The molecule has 2 heterocycles. The third-order valence-corrected chi connectivity index (χ3v) is 10.5. The Morgan fingerprint density at radius 2 is 1.38 bits per heavy atom. The monoisotopic (exact) mass is 750 g/mol. The van der Waals surface area contributed by atoms with Crippen LogP contribution in [0.1, 0.15) is 112 Å². The minimum absolute atomic E-state index is 0.0754. The lowest BCUT2D eigenvalue weighted by molar-refractivity contribution is -0.191. The number of hydrogen-bond acceptors (Lipinski definition) is 10. The van der Waals surface area contributed by atoms with Crippen LogP contribution in [0.5, 0.6) is 0 Å². The van der Waals surface area contributed by atoms with Crippen LogP contribution in [-0.4, -0.2) is 124 Å². The zero-order valence-electron chi connectivity index (χ0n) is 32.2. The van der Waals surface area contributed by atoms with Gasteiger partial charge < -0.3 is 41.3 Å². The number of aliphatic hydroxyl groups excluding tert-OH is 2. The van der Waals surface area contributed by atoms with Crippen LogP contribution in [0.2, 0.25) is 0 Å². The molecule has 0 bridgehead atoms. The van der Waals surface area contributed by atoms with Crippen molar-refractivity contribution in [2.24, 2.45) is 17.8 Å². The number of carbonyl (C=O) groups is 6. The van der Waals surface area contributed by atoms with Gasteiger partial charge in [0.25, 0.3) is 0 Å². The molecule has 2 aliphatic heterocycles. The quantitative estimate of drug-likeness (QED) is 0.135. The van der Waals surface area contributed by atoms with Gasteiger partial charge in [-0.05, 0) is 57.3 Å². The highest BCUT2D eigenvalue weighted by molar-refractivity contribution is 5.96. The maximum absolute atomic E-state index is 13.9. The molecular formula is C37H62N6O10. The molecule has 6 N–H and O–H groups in total. The summed E-state index contributed by atoms with van der Waals surface area (Å²) in [4.78, 5) is 99.1. The van der Waals surface area contributed by atoms with Crippen LogP contribution in [0.15, 0.2) is 0 Å². The fourth-order valence-electron chi connectivity index (χ4n) is 7.49. The average molecular weight is 751 g/mol. The van der Waals surface area contributed by atoms with Gasteiger partial charge in [0.15, 0.2) is 0 Å². The Hall–Kier alpha value is -3.88. The maximum Gasteiger partial charge on any atom is 0.373 e. The summed E-state index contributed by atoms with van der Waals surface area (Å²) >= 11 is 0. The second kappa shape index (κ2) is 22.4. The Kier molecular flexibility index (Phi) is 19.1. The summed E-state index contributed by atoms with van der Waals surface area (Å²) in [5, 5.41) is 31.4. The first kappa shape index (κ1) is 45.3. The predicted molar refractivity (Wildman–Crippen MR) is 192 cm³/mol. The molecule has 1 aliphatic carbocycles. The molecule has 3 rings (SSSR count). The van der Waals surface area contributed by atoms with Crippen LogP contribution in [0.3, 0.4) is 0 Å². The Morgan fingerprint density at radius 1 is 0.774 bits per heavy atom. The third kappa shape index (κ3) is 13.5. The molecule has 8 atom stereocenters. The van der Waals surface area contributed by atoms with Crippen LogP contribution in [0.4, 0.5) is 0 Å². The summed E-state index contributed by atoms with van der Waals surface area (Å²) in [5.41, 5.74) is 0. The molecule has 0 spiro atoms. The molecule has 300 valence electrons. The van der Waals surface area contributed by atoms with Crippen molar-refractivity contribution in [3.63, 3.8) is 0 Å². The van der Waals surface area contributed by atoms with Crippen LogP contribution in [-0.2, 0) is 38.4 Å². The number of likely N-dealkylation sites (tertiary alicyclic amines) is 2. The number of carbonyl (C=O) groups excluding carboxylic acids is 8. The number of nitrogens with zero attached hydrogens (tertiary/aromatic N) is 2. The molecule has 3 fully saturated rings. The Morgan fingerprint density at radius 3 is 1.96 bits per heavy atom. The molecule has 3 aliphatic rings. The van der Waals surface area contributed by atoms with Gasteiger partial charge in [0.2, 0.25) is 35.4 Å². The van der Waals surface area contributed by atoms with E-state index in [-0.39, 0.29) is 42.8 Å². The summed E-state index contributed by atoms with van der Waals surface area (Å²) in [6, 6.07) is -5.11. The van der Waals surface area contributed by atoms with Crippen molar-refractivity contribution >= 4 is 41.6 Å². The van der Waals surface area contributed by atoms with E-state index in [1.54, 1.807) is 0 Å². The standard InChI is InChI=1S/C36H62N6O8.CO2/c1-7-16-37-34(48)31(24(6)43)40-33(47)28-19-26(44)20-42(28)35(49)23(5)38-32(46)27-15-11-12-17-41(27)36(50)30(21(2)3)39-29(45)18-22(4)25-13-9-8-10-14-25;2-1-3/h21-28,30-31,43-44H,7-20H2,1-6H3,(H,37,48)(H,38,46)(H,39,45)(H,40,47);/t22-,23-,24+,26+,27-,28-,30-,31-;/m0./s1. The van der Waals surface area contributed by atoms with Gasteiger partial charge in [-0.25, -0.2) is 0 Å². The molecule has 2 saturated heterocycles. The van der Waals surface area contributed by atoms with Crippen molar-refractivity contribution < 1.29 is 48.6 Å². The Bertz CT molecular complexity index is 1280. The highest BCUT2D eigenvalue weighted by atomic mass is 16.3. The van der Waals surface area contributed by atoms with E-state index in [1.807, 2.05) is 20.8 Å². The molecule has 16 heteroatoms. The van der Waals surface area contributed by atoms with Crippen molar-refractivity contribution in [2.45, 2.75) is 155 Å². The minimum atomic E-state index is -1.25. The maximum atomic E-state index is 13.9. The molecule has 0 radical (unpaired) electrons. The lowest BCUT2D eigenvalue weighted by Gasteiger charge is -2.38. The Labute approximate surface area is 312 Å². The zero-order valence-corrected chi connectivity index (χ0v) is 32.2. The van der Waals surface area contributed by atoms with Crippen LogP contribution >= 0.6 is 0 Å². The fourth-order valence-corrected chi connectivity index (χ4v) is 7.49. The predicted octanol–water partition coefficient (Wildman–Crippen LogP) is 0.390. The number of β-amino-alcohol motifs (C(OH)–C–C–N with tert-alkyl or cyclic N) is 1. The second-order valence-corrected chi connectivity index (χ2v) is 15.1. The van der Waals surface area contributed by atoms with Gasteiger partial charge in [-0.1, -0.05) is 59.8 Å². The van der Waals surface area contributed by atoms with Gasteiger partial charge in [0, 0.05) is 32.5 Å². The van der Waals surface area contributed by atoms with E-state index < -0.39 is 66.0 Å². The van der Waals surface area contributed by atoms with Gasteiger partial charge in [-0.2, -0.15) is 9.59 Å². The van der Waals surface area contributed by atoms with E-state index in [1.165, 1.54) is 42.9 Å². The number of amides is 6. The summed E-state index contributed by atoms with van der Waals surface area (Å²) in [6.07, 6.45) is 6.63. The third-order valence-electron chi connectivity index (χ3n) is 10.5. The normalized spacial score (nSPS) is 23.2. The lowest BCUT2D eigenvalue weighted by atomic mass is 9.79. The zero-order chi connectivity index (χ0) is 39.8. The number of piperidine rings is 1. The van der Waals surface area contributed by atoms with E-state index in [9.17, 15) is 39.0 Å². The van der Waals surface area contributed by atoms with Gasteiger partial charge in [-0.15, -0.1) is 0 Å². The molecule has 53 heavy (non-hydrogen) atoms. The minimum Gasteiger partial charge on any atom is -0.391 e. The van der Waals surface area contributed by atoms with Crippen molar-refractivity contribution in [1.29, 1.82) is 0 Å². The average Bonchev–Trinajstić information content (AvgIpc) is 3.52. The van der Waals surface area contributed by atoms with Crippen LogP contribution in [0.25, 0.3) is 0 Å². The Balaban J connectivity index is 0.00000313. The van der Waals surface area contributed by atoms with Crippen LogP contribution < -0.4 is 21.3 Å². The number of nitrogens with one attached hydrogen (secondary N) is 4. The van der Waals surface area contributed by atoms with Crippen molar-refractivity contribution in [3.05, 3.63) is 0 Å². The first-order valence-corrected chi connectivity index (χ1v) is 19.2. The molecule has 6 amide bonds. The molecule has 16 nitrogen and oxygen atoms in total. The van der Waals surface area contributed by atoms with E-state index in [0.29, 0.717) is 51.1 Å². The molecule has 0 aromatic heterocycles. The van der Waals surface area contributed by atoms with Gasteiger partial charge in [0.05, 0.1) is 12.2 Å². The number of hydrogen-bond donors (Lipinski definition) is 6. The number of aliphatic hydroxyl groups is 2. The summed E-state index contributed by atoms with van der Waals surface area (Å²) in [5.74, 6) is -2.36. The smallest absolute Gasteiger partial charge is 0.373 e. The highest BCUT2D eigenvalue weighted by Gasteiger charge is 2.43. The first-order chi connectivity index (χ1) is 25.1. The molecule has 0 unspecified atom stereocenters. The van der Waals surface area contributed by atoms with Gasteiger partial charge in [-0.3, -0.25) is 28.8 Å². The van der Waals surface area contributed by atoms with E-state index in [2.05, 4.69) is 28.2 Å². The number of rotatable bonds is 15. The van der Waals surface area contributed by atoms with E-state index in [4.69, 9.17) is 9.59 Å². The van der Waals surface area contributed by atoms with Crippen molar-refractivity contribution in [1.82, 2.24) is 31.1 Å². The summed E-state index contributed by atoms with van der Waals surface area (Å²) in [6.45, 7) is 11.1. The van der Waals surface area contributed by atoms with E-state index in [0.717, 1.165) is 12.8 Å². The largest absolute Gasteiger partial charge is 0.391 e. The second-order valence-electron chi connectivity index (χ2n) is 15.1. The molecule has 0 aromatic rings. The fraction of sp³-hybridized carbons (Fsp3) is 0.811. The topological polar surface area (TPSA) is 232 Å². The summed E-state index contributed by atoms with van der Waals surface area (Å²) in [7, 11) is 0. The van der Waals surface area contributed by atoms with Gasteiger partial charge >= 0.3 is 6.15 Å². The molecular weight excluding hydrogens is 688 g/mol. The first-order valence-electron chi connectivity index (χ1n) is 19.2. The van der Waals surface area contributed by atoms with E-state index >= 15 is 0 Å². The van der Waals surface area contributed by atoms with Crippen LogP contribution in [0, 0.1) is 17.8 Å². The summed E-state index contributed by atoms with van der Waals surface area (Å²) < 4.78 is 0.